The van der Waals surface area contributed by atoms with Gasteiger partial charge in [0.2, 0.25) is 5.91 Å². The van der Waals surface area contributed by atoms with Gasteiger partial charge in [0.05, 0.1) is 5.76 Å². The molecule has 2 aliphatic carbocycles. The molecule has 1 N–H and O–H groups in total. The molecule has 0 spiro atoms. The van der Waals surface area contributed by atoms with Gasteiger partial charge in [0.1, 0.15) is 13.2 Å². The number of piperazine rings is 1. The third kappa shape index (κ3) is 4.41. The second kappa shape index (κ2) is 8.33. The predicted molar refractivity (Wildman–Crippen MR) is 113 cm³/mol. The quantitative estimate of drug-likeness (QED) is 0.778. The van der Waals surface area contributed by atoms with Crippen molar-refractivity contribution in [1.29, 1.82) is 0 Å². The molecule has 1 amide bonds. The molecule has 1 saturated heterocycles. The fourth-order valence-corrected chi connectivity index (χ4v) is 4.88. The maximum Gasteiger partial charge on any atom is 0.248 e. The van der Waals surface area contributed by atoms with Crippen LogP contribution in [-0.4, -0.2) is 66.8 Å². The topological polar surface area (TPSA) is 53.0 Å². The first-order valence-electron chi connectivity index (χ1n) is 10.7. The molecular formula is C24H32N2O3. The van der Waals surface area contributed by atoms with Gasteiger partial charge < -0.3 is 14.7 Å². The zero-order valence-corrected chi connectivity index (χ0v) is 17.6. The van der Waals surface area contributed by atoms with Gasteiger partial charge in [-0.3, -0.25) is 9.69 Å². The van der Waals surface area contributed by atoms with Crippen molar-refractivity contribution in [3.05, 3.63) is 58.4 Å². The Hall–Kier alpha value is -2.11. The number of ether oxygens (including phenoxy) is 1. The molecule has 1 aromatic rings. The molecule has 3 aliphatic rings. The number of hydrogen-bond acceptors (Lipinski definition) is 4. The highest BCUT2D eigenvalue weighted by Crippen LogP contribution is 2.44. The molecule has 29 heavy (non-hydrogen) atoms. The van der Waals surface area contributed by atoms with Crippen molar-refractivity contribution >= 4 is 5.91 Å². The summed E-state index contributed by atoms with van der Waals surface area (Å²) in [6.45, 7) is 8.80. The van der Waals surface area contributed by atoms with Crippen LogP contribution in [0.4, 0.5) is 0 Å². The number of benzene rings is 1. The SMILES string of the molecule is CC1(C)C=C(OCCN2CCN(C(=O)CO)CC2)CC2=C1Cc1ccccc1C2. The second-order valence-electron chi connectivity index (χ2n) is 8.94. The minimum atomic E-state index is -0.393. The van der Waals surface area contributed by atoms with Gasteiger partial charge >= 0.3 is 0 Å². The van der Waals surface area contributed by atoms with Crippen molar-refractivity contribution in [1.82, 2.24) is 9.80 Å². The normalized spacial score (nSPS) is 21.3. The van der Waals surface area contributed by atoms with E-state index in [0.29, 0.717) is 19.7 Å². The molecule has 0 unspecified atom stereocenters. The van der Waals surface area contributed by atoms with Gasteiger partial charge in [-0.2, -0.15) is 0 Å². The average molecular weight is 397 g/mol. The molecule has 5 heteroatoms. The molecule has 1 fully saturated rings. The molecule has 0 bridgehead atoms. The Morgan fingerprint density at radius 1 is 1.07 bits per heavy atom. The molecule has 0 saturated carbocycles. The van der Waals surface area contributed by atoms with Crippen LogP contribution < -0.4 is 0 Å². The van der Waals surface area contributed by atoms with Crippen LogP contribution in [0.25, 0.3) is 0 Å². The number of aliphatic hydroxyl groups is 1. The van der Waals surface area contributed by atoms with Gasteiger partial charge in [-0.15, -0.1) is 0 Å². The van der Waals surface area contributed by atoms with E-state index >= 15 is 0 Å². The van der Waals surface area contributed by atoms with Gasteiger partial charge in [-0.25, -0.2) is 0 Å². The summed E-state index contributed by atoms with van der Waals surface area (Å²) in [4.78, 5) is 15.6. The number of allylic oxidation sites excluding steroid dienone is 3. The Labute approximate surface area is 173 Å². The Bertz CT molecular complexity index is 832. The number of carbonyl (C=O) groups excluding carboxylic acids is 1. The van der Waals surface area contributed by atoms with Gasteiger partial charge in [0, 0.05) is 44.6 Å². The van der Waals surface area contributed by atoms with Crippen LogP contribution in [0.15, 0.2) is 47.2 Å². The summed E-state index contributed by atoms with van der Waals surface area (Å²) in [6, 6.07) is 8.80. The van der Waals surface area contributed by atoms with E-state index in [9.17, 15) is 4.79 Å². The molecule has 1 aliphatic heterocycles. The van der Waals surface area contributed by atoms with Gasteiger partial charge in [-0.1, -0.05) is 49.3 Å². The summed E-state index contributed by atoms with van der Waals surface area (Å²) in [7, 11) is 0. The minimum Gasteiger partial charge on any atom is -0.497 e. The molecule has 4 rings (SSSR count). The predicted octanol–water partition coefficient (Wildman–Crippen LogP) is 2.55. The number of fused-ring (bicyclic) bond motifs is 1. The van der Waals surface area contributed by atoms with Crippen LogP contribution in [0.3, 0.4) is 0 Å². The first kappa shape index (κ1) is 20.2. The highest BCUT2D eigenvalue weighted by Gasteiger charge is 2.33. The zero-order valence-electron chi connectivity index (χ0n) is 17.6. The molecule has 0 radical (unpaired) electrons. The number of aliphatic hydroxyl groups excluding tert-OH is 1. The largest absolute Gasteiger partial charge is 0.497 e. The molecule has 0 atom stereocenters. The smallest absolute Gasteiger partial charge is 0.248 e. The van der Waals surface area contributed by atoms with Crippen molar-refractivity contribution in [2.45, 2.75) is 33.1 Å². The standard InChI is InChI=1S/C24H32N2O3/c1-24(2)16-21(14-20-13-18-5-3-4-6-19(18)15-22(20)24)29-12-11-25-7-9-26(10-8-25)23(28)17-27/h3-6,16,27H,7-15,17H2,1-2H3. The molecule has 5 nitrogen and oxygen atoms in total. The fourth-order valence-electron chi connectivity index (χ4n) is 4.88. The lowest BCUT2D eigenvalue weighted by Crippen LogP contribution is -2.50. The van der Waals surface area contributed by atoms with Crippen molar-refractivity contribution in [2.24, 2.45) is 5.41 Å². The molecule has 1 heterocycles. The summed E-state index contributed by atoms with van der Waals surface area (Å²) in [6.07, 6.45) is 5.33. The lowest BCUT2D eigenvalue weighted by Gasteiger charge is -2.37. The van der Waals surface area contributed by atoms with Crippen LogP contribution in [0.5, 0.6) is 0 Å². The van der Waals surface area contributed by atoms with E-state index in [1.165, 1.54) is 16.7 Å². The second-order valence-corrected chi connectivity index (χ2v) is 8.94. The van der Waals surface area contributed by atoms with Crippen molar-refractivity contribution in [2.75, 3.05) is 45.9 Å². The Balaban J connectivity index is 1.30. The minimum absolute atomic E-state index is 0.0345. The summed E-state index contributed by atoms with van der Waals surface area (Å²) in [5, 5.41) is 8.98. The van der Waals surface area contributed by atoms with Crippen LogP contribution in [0.2, 0.25) is 0 Å². The molecule has 156 valence electrons. The van der Waals surface area contributed by atoms with Crippen molar-refractivity contribution in [3.8, 4) is 0 Å². The summed E-state index contributed by atoms with van der Waals surface area (Å²) in [5.74, 6) is 0.927. The average Bonchev–Trinajstić information content (AvgIpc) is 2.72. The van der Waals surface area contributed by atoms with Crippen molar-refractivity contribution < 1.29 is 14.6 Å². The number of rotatable bonds is 5. The first-order valence-corrected chi connectivity index (χ1v) is 10.7. The summed E-state index contributed by atoms with van der Waals surface area (Å²) in [5.41, 5.74) is 6.05. The molecular weight excluding hydrogens is 364 g/mol. The lowest BCUT2D eigenvalue weighted by atomic mass is 9.69. The summed E-state index contributed by atoms with van der Waals surface area (Å²) >= 11 is 0. The maximum atomic E-state index is 11.6. The van der Waals surface area contributed by atoms with Crippen molar-refractivity contribution in [3.63, 3.8) is 0 Å². The number of hydrogen-bond donors (Lipinski definition) is 1. The van der Waals surface area contributed by atoms with E-state index in [4.69, 9.17) is 9.84 Å². The van der Waals surface area contributed by atoms with E-state index in [-0.39, 0.29) is 11.3 Å². The molecule has 0 aromatic heterocycles. The van der Waals surface area contributed by atoms with Gasteiger partial charge in [0.25, 0.3) is 0 Å². The lowest BCUT2D eigenvalue weighted by molar-refractivity contribution is -0.135. The number of nitrogens with zero attached hydrogens (tertiary/aromatic N) is 2. The maximum absolute atomic E-state index is 11.6. The van der Waals surface area contributed by atoms with Gasteiger partial charge in [0.15, 0.2) is 0 Å². The Morgan fingerprint density at radius 3 is 2.45 bits per heavy atom. The van der Waals surface area contributed by atoms with E-state index in [1.807, 2.05) is 0 Å². The highest BCUT2D eigenvalue weighted by molar-refractivity contribution is 5.77. The third-order valence-corrected chi connectivity index (χ3v) is 6.56. The first-order chi connectivity index (χ1) is 14.0. The number of carbonyl (C=O) groups is 1. The number of amides is 1. The van der Waals surface area contributed by atoms with E-state index in [1.54, 1.807) is 10.5 Å². The summed E-state index contributed by atoms with van der Waals surface area (Å²) < 4.78 is 6.22. The van der Waals surface area contributed by atoms with Crippen LogP contribution in [-0.2, 0) is 22.4 Å². The van der Waals surface area contributed by atoms with Gasteiger partial charge in [-0.05, 0) is 30.0 Å². The fraction of sp³-hybridized carbons (Fsp3) is 0.542. The Kier molecular flexibility index (Phi) is 5.79. The van der Waals surface area contributed by atoms with E-state index in [2.05, 4.69) is 49.1 Å². The monoisotopic (exact) mass is 396 g/mol. The van der Waals surface area contributed by atoms with Crippen LogP contribution >= 0.6 is 0 Å². The Morgan fingerprint density at radius 2 is 1.76 bits per heavy atom. The van der Waals surface area contributed by atoms with E-state index in [0.717, 1.165) is 44.7 Å². The zero-order chi connectivity index (χ0) is 20.4. The molecule has 1 aromatic carbocycles. The highest BCUT2D eigenvalue weighted by atomic mass is 16.5. The van der Waals surface area contributed by atoms with Crippen LogP contribution in [0, 0.1) is 5.41 Å². The van der Waals surface area contributed by atoms with Crippen LogP contribution in [0.1, 0.15) is 31.4 Å². The van der Waals surface area contributed by atoms with E-state index < -0.39 is 6.61 Å². The third-order valence-electron chi connectivity index (χ3n) is 6.56.